The summed E-state index contributed by atoms with van der Waals surface area (Å²) in [7, 11) is 1.84. The number of aryl methyl sites for hydroxylation is 1. The van der Waals surface area contributed by atoms with Crippen molar-refractivity contribution in [1.82, 2.24) is 30.0 Å². The van der Waals surface area contributed by atoms with Gasteiger partial charge in [-0.05, 0) is 69.4 Å². The number of rotatable bonds is 7. The summed E-state index contributed by atoms with van der Waals surface area (Å²) in [5, 5.41) is 7.25. The highest BCUT2D eigenvalue weighted by atomic mass is 16.2. The Hall–Kier alpha value is -4.01. The van der Waals surface area contributed by atoms with Crippen molar-refractivity contribution >= 4 is 17.5 Å². The van der Waals surface area contributed by atoms with Gasteiger partial charge in [-0.3, -0.25) is 14.6 Å². The lowest BCUT2D eigenvalue weighted by Gasteiger charge is -2.39. The van der Waals surface area contributed by atoms with Crippen LogP contribution in [0.5, 0.6) is 0 Å². The van der Waals surface area contributed by atoms with Crippen LogP contribution in [0.25, 0.3) is 11.1 Å². The van der Waals surface area contributed by atoms with Crippen LogP contribution in [0.3, 0.4) is 0 Å². The zero-order valence-corrected chi connectivity index (χ0v) is 22.9. The van der Waals surface area contributed by atoms with Crippen molar-refractivity contribution in [2.45, 2.75) is 58.7 Å². The summed E-state index contributed by atoms with van der Waals surface area (Å²) in [4.78, 5) is 37.5. The van der Waals surface area contributed by atoms with E-state index in [1.807, 2.05) is 53.1 Å². The second-order valence-corrected chi connectivity index (χ2v) is 10.8. The Labute approximate surface area is 224 Å². The third kappa shape index (κ3) is 5.93. The summed E-state index contributed by atoms with van der Waals surface area (Å²) in [6.45, 7) is 13.7. The van der Waals surface area contributed by atoms with Crippen LogP contribution < -0.4 is 10.2 Å². The number of carbonyl (C=O) groups is 2. The van der Waals surface area contributed by atoms with Crippen molar-refractivity contribution in [2.75, 3.05) is 25.0 Å². The molecule has 2 amide bonds. The summed E-state index contributed by atoms with van der Waals surface area (Å²) in [6.07, 6.45) is 8.63. The minimum atomic E-state index is -0.299. The lowest BCUT2D eigenvalue weighted by atomic mass is 9.97. The molecule has 3 aromatic rings. The molecular weight excluding hydrogens is 478 g/mol. The average molecular weight is 516 g/mol. The van der Waals surface area contributed by atoms with E-state index in [4.69, 9.17) is 0 Å². The van der Waals surface area contributed by atoms with Crippen LogP contribution in [0.4, 0.5) is 5.69 Å². The van der Waals surface area contributed by atoms with E-state index in [2.05, 4.69) is 44.0 Å². The van der Waals surface area contributed by atoms with Crippen molar-refractivity contribution in [2.24, 2.45) is 0 Å². The van der Waals surface area contributed by atoms with E-state index in [0.29, 0.717) is 6.54 Å². The van der Waals surface area contributed by atoms with Crippen molar-refractivity contribution in [3.63, 3.8) is 0 Å². The van der Waals surface area contributed by atoms with E-state index >= 15 is 0 Å². The highest BCUT2D eigenvalue weighted by Gasteiger charge is 2.27. The summed E-state index contributed by atoms with van der Waals surface area (Å²) >= 11 is 0. The van der Waals surface area contributed by atoms with Gasteiger partial charge in [-0.25, -0.2) is 9.67 Å². The lowest BCUT2D eigenvalue weighted by Crippen LogP contribution is -2.48. The number of pyridine rings is 1. The molecule has 0 spiro atoms. The minimum absolute atomic E-state index is 0.0556. The largest absolute Gasteiger partial charge is 0.368 e. The van der Waals surface area contributed by atoms with E-state index in [0.717, 1.165) is 53.9 Å². The van der Waals surface area contributed by atoms with Gasteiger partial charge in [-0.2, -0.15) is 0 Å². The molecule has 200 valence electrons. The molecule has 0 radical (unpaired) electrons. The van der Waals surface area contributed by atoms with Gasteiger partial charge in [0.1, 0.15) is 6.33 Å². The third-order valence-corrected chi connectivity index (χ3v) is 7.08. The molecule has 1 aliphatic rings. The maximum Gasteiger partial charge on any atom is 0.291 e. The first-order chi connectivity index (χ1) is 18.1. The van der Waals surface area contributed by atoms with Crippen molar-refractivity contribution in [3.05, 3.63) is 72.6 Å². The molecule has 1 aromatic carbocycles. The van der Waals surface area contributed by atoms with E-state index in [9.17, 15) is 9.59 Å². The monoisotopic (exact) mass is 515 g/mol. The Morgan fingerprint density at radius 1 is 1.26 bits per heavy atom. The minimum Gasteiger partial charge on any atom is -0.368 e. The molecule has 1 unspecified atom stereocenters. The van der Waals surface area contributed by atoms with E-state index < -0.39 is 0 Å². The van der Waals surface area contributed by atoms with Gasteiger partial charge in [0, 0.05) is 44.5 Å². The van der Waals surface area contributed by atoms with Crippen molar-refractivity contribution < 1.29 is 9.59 Å². The van der Waals surface area contributed by atoms with E-state index in [-0.39, 0.29) is 29.2 Å². The molecule has 1 N–H and O–H groups in total. The van der Waals surface area contributed by atoms with Gasteiger partial charge in [0.05, 0.1) is 17.4 Å². The molecule has 9 heteroatoms. The zero-order chi connectivity index (χ0) is 27.4. The molecule has 1 aliphatic heterocycles. The smallest absolute Gasteiger partial charge is 0.291 e. The SMILES string of the molecule is C=CC(=O)N(C)C1CCCN(c2cnccc2-c2ccc(CNC(=O)c3ncn(C(C)(C)C)n3)c(C)c2)C1. The molecule has 1 fully saturated rings. The second-order valence-electron chi connectivity index (χ2n) is 10.8. The molecule has 0 saturated carbocycles. The van der Waals surface area contributed by atoms with Crippen LogP contribution in [-0.2, 0) is 16.9 Å². The van der Waals surface area contributed by atoms with Crippen LogP contribution in [-0.4, -0.2) is 62.6 Å². The van der Waals surface area contributed by atoms with Crippen LogP contribution in [0.2, 0.25) is 0 Å². The first-order valence-corrected chi connectivity index (χ1v) is 13.0. The Morgan fingerprint density at radius 2 is 2.05 bits per heavy atom. The summed E-state index contributed by atoms with van der Waals surface area (Å²) < 4.78 is 1.69. The number of hydrogen-bond donors (Lipinski definition) is 1. The maximum atomic E-state index is 12.6. The number of nitrogens with zero attached hydrogens (tertiary/aromatic N) is 6. The van der Waals surface area contributed by atoms with Crippen molar-refractivity contribution in [3.8, 4) is 11.1 Å². The predicted molar refractivity (Wildman–Crippen MR) is 149 cm³/mol. The number of carbonyl (C=O) groups excluding carboxylic acids is 2. The fourth-order valence-corrected chi connectivity index (χ4v) is 4.70. The first-order valence-electron chi connectivity index (χ1n) is 13.0. The number of benzene rings is 1. The fraction of sp³-hybridized carbons (Fsp3) is 0.414. The molecular formula is C29H37N7O2. The Bertz CT molecular complexity index is 1320. The Kier molecular flexibility index (Phi) is 7.94. The molecule has 4 rings (SSSR count). The highest BCUT2D eigenvalue weighted by molar-refractivity contribution is 5.90. The molecule has 1 atom stereocenters. The van der Waals surface area contributed by atoms with Gasteiger partial charge in [0.15, 0.2) is 0 Å². The topological polar surface area (TPSA) is 96.3 Å². The van der Waals surface area contributed by atoms with Crippen molar-refractivity contribution in [1.29, 1.82) is 0 Å². The van der Waals surface area contributed by atoms with Gasteiger partial charge in [-0.1, -0.05) is 24.8 Å². The Balaban J connectivity index is 1.48. The number of hydrogen-bond acceptors (Lipinski definition) is 6. The van der Waals surface area contributed by atoms with Gasteiger partial charge >= 0.3 is 0 Å². The van der Waals surface area contributed by atoms with Crippen LogP contribution >= 0.6 is 0 Å². The summed E-state index contributed by atoms with van der Waals surface area (Å²) in [5.41, 5.74) is 5.09. The molecule has 0 aliphatic carbocycles. The normalized spacial score (nSPS) is 15.7. The molecule has 3 heterocycles. The third-order valence-electron chi connectivity index (χ3n) is 7.08. The van der Waals surface area contributed by atoms with Gasteiger partial charge in [0.2, 0.25) is 11.7 Å². The lowest BCUT2D eigenvalue weighted by molar-refractivity contribution is -0.126. The second kappa shape index (κ2) is 11.2. The van der Waals surface area contributed by atoms with E-state index in [1.165, 1.54) is 6.08 Å². The highest BCUT2D eigenvalue weighted by Crippen LogP contribution is 2.33. The standard InChI is InChI=1S/C29H37N7O2/c1-7-26(37)34(6)23-9-8-14-35(18-23)25-17-30-13-12-24(25)21-10-11-22(20(2)15-21)16-31-28(38)27-32-19-36(33-27)29(3,4)5/h7,10-13,15,17,19,23H,1,8-9,14,16,18H2,2-6H3,(H,31,38). The average Bonchev–Trinajstić information content (AvgIpc) is 3.43. The van der Waals surface area contributed by atoms with Crippen LogP contribution in [0.1, 0.15) is 55.4 Å². The van der Waals surface area contributed by atoms with Gasteiger partial charge in [0.25, 0.3) is 5.91 Å². The van der Waals surface area contributed by atoms with Gasteiger partial charge < -0.3 is 15.1 Å². The Morgan fingerprint density at radius 3 is 2.74 bits per heavy atom. The first kappa shape index (κ1) is 27.0. The molecule has 9 nitrogen and oxygen atoms in total. The molecule has 1 saturated heterocycles. The van der Waals surface area contributed by atoms with Crippen LogP contribution in [0.15, 0.2) is 55.6 Å². The number of anilines is 1. The summed E-state index contributed by atoms with van der Waals surface area (Å²) in [6, 6.07) is 8.42. The van der Waals surface area contributed by atoms with E-state index in [1.54, 1.807) is 22.1 Å². The number of nitrogens with one attached hydrogen (secondary N) is 1. The van der Waals surface area contributed by atoms with Gasteiger partial charge in [-0.15, -0.1) is 5.10 Å². The molecule has 0 bridgehead atoms. The fourth-order valence-electron chi connectivity index (χ4n) is 4.70. The molecule has 38 heavy (non-hydrogen) atoms. The zero-order valence-electron chi connectivity index (χ0n) is 22.9. The molecule has 2 aromatic heterocycles. The predicted octanol–water partition coefficient (Wildman–Crippen LogP) is 3.95. The summed E-state index contributed by atoms with van der Waals surface area (Å²) in [5.74, 6) is -0.191. The number of likely N-dealkylation sites (N-methyl/N-ethyl adjacent to an activating group) is 1. The number of aromatic nitrogens is 4. The number of piperidine rings is 1. The maximum absolute atomic E-state index is 12.6. The van der Waals surface area contributed by atoms with Crippen LogP contribution in [0, 0.1) is 6.92 Å². The quantitative estimate of drug-likeness (QED) is 0.479. The number of amides is 2.